The van der Waals surface area contributed by atoms with Crippen LogP contribution in [0.1, 0.15) is 180 Å². The van der Waals surface area contributed by atoms with Crippen molar-refractivity contribution in [1.29, 1.82) is 0 Å². The summed E-state index contributed by atoms with van der Waals surface area (Å²) >= 11 is 0. The van der Waals surface area contributed by atoms with Crippen LogP contribution in [0.4, 0.5) is 0 Å². The first-order chi connectivity index (χ1) is 63.7. The van der Waals surface area contributed by atoms with E-state index < -0.39 is 18.2 Å². The number of pyridine rings is 3. The summed E-state index contributed by atoms with van der Waals surface area (Å²) in [5, 5.41) is 110. The Kier molecular flexibility index (Phi) is 27.1. The molecule has 0 bridgehead atoms. The number of nitrogens with two attached hydrogens (primary N) is 1. The monoisotopic (exact) mass is 1760 g/mol. The van der Waals surface area contributed by atoms with Gasteiger partial charge in [-0.25, -0.2) is 4.79 Å². The first kappa shape index (κ1) is 83.8. The molecule has 20 rings (SSSR count). The number of carboxylic acid groups (broad SMARTS) is 1. The zero-order valence-electron chi connectivity index (χ0n) is 73.3. The van der Waals surface area contributed by atoms with Gasteiger partial charge in [-0.3, -0.25) is 24.5 Å². The molecule has 15 aromatic rings. The number of aromatic nitrogens is 18. The van der Waals surface area contributed by atoms with E-state index in [1.54, 1.807) is 57.6 Å². The minimum atomic E-state index is -1.04. The molecular formula is C86H100ClN21O18. The molecular weight excluding hydrogens is 1650 g/mol. The summed E-state index contributed by atoms with van der Waals surface area (Å²) in [5.74, 6) is 2.00. The van der Waals surface area contributed by atoms with Crippen LogP contribution in [0.3, 0.4) is 0 Å². The van der Waals surface area contributed by atoms with Crippen molar-refractivity contribution in [1.82, 2.24) is 100 Å². The smallest absolute Gasteiger partial charge is 0.337 e. The Balaban J connectivity index is 0.000000178. The first-order valence-corrected chi connectivity index (χ1v) is 40.9. The number of aliphatic hydroxyl groups is 4. The molecule has 8 atom stereocenters. The lowest BCUT2D eigenvalue weighted by Gasteiger charge is -2.21. The number of benzene rings is 3. The molecule has 664 valence electrons. The highest BCUT2D eigenvalue weighted by Crippen LogP contribution is 2.35. The minimum Gasteiger partial charge on any atom is -0.478 e. The Labute approximate surface area is 734 Å². The van der Waals surface area contributed by atoms with Crippen LogP contribution in [0, 0.1) is 0 Å². The molecule has 126 heavy (non-hydrogen) atoms. The van der Waals surface area contributed by atoms with Crippen LogP contribution < -0.4 is 30.6 Å². The molecule has 14 heterocycles. The molecule has 5 aliphatic rings. The molecule has 2 saturated heterocycles. The molecule has 9 N–H and O–H groups in total. The number of nitrogens with one attached hydrogen (secondary N) is 2. The van der Waals surface area contributed by atoms with Gasteiger partial charge in [0.15, 0.2) is 63.9 Å². The van der Waals surface area contributed by atoms with Gasteiger partial charge in [-0.1, -0.05) is 77.5 Å². The molecule has 3 aromatic carbocycles. The second kappa shape index (κ2) is 40.7. The van der Waals surface area contributed by atoms with Crippen molar-refractivity contribution >= 4 is 79.4 Å². The third-order valence-electron chi connectivity index (χ3n) is 21.7. The predicted octanol–water partition coefficient (Wildman–Crippen LogP) is 11.2. The van der Waals surface area contributed by atoms with Gasteiger partial charge in [0.25, 0.3) is 11.8 Å². The number of nitrogens with zero attached hydrogens (tertiary/aromatic N) is 18. The second-order valence-electron chi connectivity index (χ2n) is 30.3. The van der Waals surface area contributed by atoms with Crippen molar-refractivity contribution in [2.24, 2.45) is 5.73 Å². The van der Waals surface area contributed by atoms with E-state index in [-0.39, 0.29) is 115 Å². The average molecular weight is 1760 g/mol. The van der Waals surface area contributed by atoms with Crippen LogP contribution in [-0.2, 0) is 58.6 Å². The van der Waals surface area contributed by atoms with E-state index in [4.69, 9.17) is 76.7 Å². The number of rotatable bonds is 24. The molecule has 40 heteroatoms. The molecule has 12 aromatic heterocycles. The molecule has 39 nitrogen and oxygen atoms in total. The van der Waals surface area contributed by atoms with E-state index in [0.29, 0.717) is 141 Å². The lowest BCUT2D eigenvalue weighted by atomic mass is 10.2. The van der Waals surface area contributed by atoms with E-state index >= 15 is 0 Å². The average Bonchev–Trinajstić information content (AvgIpc) is 1.64. The molecule has 0 spiro atoms. The topological polar surface area (TPSA) is 513 Å². The third-order valence-corrected chi connectivity index (χ3v) is 21.7. The van der Waals surface area contributed by atoms with Crippen LogP contribution >= 0.6 is 12.4 Å². The van der Waals surface area contributed by atoms with Crippen molar-refractivity contribution in [3.8, 4) is 52.2 Å². The van der Waals surface area contributed by atoms with Crippen LogP contribution in [0.2, 0.25) is 0 Å². The number of aliphatic hydroxyl groups excluding tert-OH is 4. The van der Waals surface area contributed by atoms with E-state index in [9.17, 15) is 29.7 Å². The molecule has 3 aliphatic carbocycles. The number of carboxylic acids is 1. The lowest BCUT2D eigenvalue weighted by molar-refractivity contribution is -0.171. The highest BCUT2D eigenvalue weighted by atomic mass is 35.5. The van der Waals surface area contributed by atoms with Gasteiger partial charge in [-0.15, -0.1) is 58.3 Å². The Morgan fingerprint density at radius 1 is 0.444 bits per heavy atom. The maximum absolute atomic E-state index is 12.6. The summed E-state index contributed by atoms with van der Waals surface area (Å²) in [4.78, 5) is 49.1. The minimum absolute atomic E-state index is 0. The molecule has 2 aliphatic heterocycles. The molecule has 2 unspecified atom stereocenters. The molecule has 2 amide bonds. The fraction of sp³-hybridized carbons (Fsp3) is 0.372. The summed E-state index contributed by atoms with van der Waals surface area (Å²) in [5.41, 5.74) is 11.1. The van der Waals surface area contributed by atoms with Gasteiger partial charge in [-0.05, 0) is 151 Å². The van der Waals surface area contributed by atoms with Crippen molar-refractivity contribution in [3.05, 3.63) is 197 Å². The first-order valence-electron chi connectivity index (χ1n) is 43.9. The lowest BCUT2D eigenvalue weighted by Crippen LogP contribution is -2.39. The highest BCUT2D eigenvalue weighted by molar-refractivity contribution is 5.99. The van der Waals surface area contributed by atoms with Crippen LogP contribution in [0.15, 0.2) is 160 Å². The number of carbonyl (C=O) groups is 3. The maximum atomic E-state index is 12.6. The van der Waals surface area contributed by atoms with Gasteiger partial charge in [0.2, 0.25) is 35.1 Å². The number of carbonyl (C=O) groups excluding carboxylic acids is 2. The van der Waals surface area contributed by atoms with E-state index in [0.717, 1.165) is 116 Å². The highest BCUT2D eigenvalue weighted by Gasteiger charge is 2.31. The molecule has 5 fully saturated rings. The summed E-state index contributed by atoms with van der Waals surface area (Å²) in [6, 6.07) is 37.4. The van der Waals surface area contributed by atoms with E-state index in [1.807, 2.05) is 72.8 Å². The van der Waals surface area contributed by atoms with Crippen LogP contribution in [0.25, 0.3) is 83.8 Å². The summed E-state index contributed by atoms with van der Waals surface area (Å²) in [6.07, 6.45) is 16.3. The molecule has 0 radical (unpaired) electrons. The third kappa shape index (κ3) is 20.3. The van der Waals surface area contributed by atoms with Crippen molar-refractivity contribution in [3.63, 3.8) is 0 Å². The number of ether oxygens (including phenoxy) is 7. The van der Waals surface area contributed by atoms with Gasteiger partial charge in [0, 0.05) is 98.7 Å². The number of hydrogen-bond donors (Lipinski definition) is 8. The fourth-order valence-electron chi connectivity index (χ4n) is 15.0. The van der Waals surface area contributed by atoms with E-state index in [2.05, 4.69) is 81.8 Å². The van der Waals surface area contributed by atoms with Crippen molar-refractivity contribution < 1.29 is 97.0 Å². The maximum Gasteiger partial charge on any atom is 0.337 e. The standard InChI is InChI=1S/C30H31N7O6.C25H23N7O5.C25H22N6O6.C5H11NO.CH4.ClH.4H2/c38-25-9-5-8-23(25)32-29(39)18-11-12-19(31-15-18)16-42-30-22-7-2-1-6-21(22)27-33-34-28(37(27)35-30)24-14-20(43-36-24)17-41-26-10-3-4-13-40-26;33-12-16-10-20(31-37-16)23-29-28-22-17-4-1-2-5-18(17)25(30-32(22)23)36-13-15-9-8-14(11-26-15)24(35)27-19-6-3-7-21(19)34;32-25(33)15-8-9-16(26-12-15)13-36-24-19-6-2-1-5-18(19)22-27-28-23(31(22)29-24)20-11-17(37-30-20)14-35-21-7-3-4-10-34-21;6-4-2-1-3-5(4)7;;;;;;/h1-2,6-7,11-12,14-15,23,25-26,38H,3-5,8-10,13,16-17H2,(H,32,39);1-2,4-5,8-11,19,21,33-34H,3,6-7,12-13H2,(H,27,35);1-2,5-6,8-9,11-12,21H,3-4,7,10,13-14H2,(H,32,33);4-5,7H,1-3,6H2;1H4;5*1H/t23-,25-,26?;19-,21-;;4-,5-;;;;;;/m00.0....../s1/i;;;;;;3*1+1D;1+1. The predicted molar refractivity (Wildman–Crippen MR) is 459 cm³/mol. The van der Waals surface area contributed by atoms with Crippen molar-refractivity contribution in [2.75, 3.05) is 13.2 Å². The Morgan fingerprint density at radius 2 is 0.810 bits per heavy atom. The number of halogens is 1. The van der Waals surface area contributed by atoms with E-state index in [1.165, 1.54) is 29.2 Å². The number of aromatic carboxylic acids is 1. The van der Waals surface area contributed by atoms with Crippen LogP contribution in [0.5, 0.6) is 17.6 Å². The van der Waals surface area contributed by atoms with Gasteiger partial charge < -0.3 is 88.6 Å². The zero-order chi connectivity index (χ0) is 91.0. The van der Waals surface area contributed by atoms with Gasteiger partial charge in [-0.2, -0.15) is 13.5 Å². The Bertz CT molecular complexity index is 6250. The zero-order valence-corrected chi connectivity index (χ0v) is 68.1. The number of amides is 2. The number of fused-ring (bicyclic) bond motifs is 9. The SMILES string of the molecule is C.Cl.N[C@H]1CCC[C@@H]1O.O=C(N[C@H]1CCC[C@@H]1O)c1ccc(COc2nn3c(-c4cc(CO)on4)nnc3c3ccccc23)nc1.O=C(N[C@H]1CCC[C@@H]1O)c1ccc(COc2nn3c(-c4cc(COC5CCCCO5)on4)nnc3c3ccccc23)nc1.O=C(O)c1ccc(COc2nn3c(-c4cc(COC5CCCCO5)on4)nnc3c3ccccc23)nc1.[2HH].[2H][2H].[2H][2H].[2H][2H]. The molecule has 3 saturated carbocycles. The summed E-state index contributed by atoms with van der Waals surface area (Å²) < 4.78 is 91.8. The summed E-state index contributed by atoms with van der Waals surface area (Å²) in [6.45, 7) is 1.90. The largest absolute Gasteiger partial charge is 0.478 e. The Hall–Kier alpha value is -13.1. The quantitative estimate of drug-likeness (QED) is 0.0278. The fourth-order valence-corrected chi connectivity index (χ4v) is 15.0. The van der Waals surface area contributed by atoms with Gasteiger partial charge >= 0.3 is 5.97 Å². The van der Waals surface area contributed by atoms with Crippen LogP contribution in [-0.4, -0.2) is 195 Å². The number of hydrogen-bond acceptors (Lipinski definition) is 33. The summed E-state index contributed by atoms with van der Waals surface area (Å²) in [7, 11) is 0. The van der Waals surface area contributed by atoms with Gasteiger partial charge in [0.1, 0.15) is 39.6 Å². The second-order valence-corrected chi connectivity index (χ2v) is 30.3. The van der Waals surface area contributed by atoms with Gasteiger partial charge in [0.05, 0.1) is 64.2 Å². The normalized spacial score (nSPS) is 19.3. The Morgan fingerprint density at radius 3 is 1.12 bits per heavy atom. The van der Waals surface area contributed by atoms with Crippen molar-refractivity contribution in [2.45, 2.75) is 192 Å².